The van der Waals surface area contributed by atoms with Crippen LogP contribution in [0.25, 0.3) is 0 Å². The second-order valence-electron chi connectivity index (χ2n) is 11.1. The first kappa shape index (κ1) is 47.2. The van der Waals surface area contributed by atoms with Crippen LogP contribution in [0, 0.1) is 0 Å². The van der Waals surface area contributed by atoms with E-state index in [-0.39, 0.29) is 26.1 Å². The maximum Gasteiger partial charge on any atom is 0.372 e. The van der Waals surface area contributed by atoms with Gasteiger partial charge in [-0.3, -0.25) is 9.59 Å². The maximum absolute atomic E-state index is 11.4. The number of esters is 1. The van der Waals surface area contributed by atoms with Gasteiger partial charge in [0.1, 0.15) is 6.61 Å². The molecule has 0 atom stereocenters. The van der Waals surface area contributed by atoms with E-state index in [2.05, 4.69) is 6.92 Å². The Hall–Kier alpha value is -1.75. The largest absolute Gasteiger partial charge is 0.476 e. The number of ketones is 1. The molecule has 1 N–H and O–H groups in total. The Morgan fingerprint density at radius 3 is 0.980 bits per heavy atom. The number of hydrogen-bond donors (Lipinski definition) is 1. The van der Waals surface area contributed by atoms with Crippen LogP contribution in [-0.2, 0) is 61.8 Å². The van der Waals surface area contributed by atoms with Crippen LogP contribution in [0.1, 0.15) is 84.0 Å². The van der Waals surface area contributed by atoms with Crippen molar-refractivity contribution in [2.75, 3.05) is 126 Å². The van der Waals surface area contributed by atoms with Crippen LogP contribution in [0.3, 0.4) is 0 Å². The van der Waals surface area contributed by atoms with Gasteiger partial charge in [0, 0.05) is 13.0 Å². The standard InChI is InChI=1S/C35H66O14/c1-2-3-4-5-6-7-8-9-10-11-14-40-15-16-41-17-18-42-19-20-43-21-22-44-23-24-45-25-26-46-27-28-47-29-30-48-31-32-49-34(37)13-12-33(36)35(38)39/h2-32H2,1H3,(H,38,39). The minimum absolute atomic E-state index is 0.0187. The van der Waals surface area contributed by atoms with Gasteiger partial charge in [-0.2, -0.15) is 0 Å². The highest BCUT2D eigenvalue weighted by Crippen LogP contribution is 2.10. The van der Waals surface area contributed by atoms with Crippen molar-refractivity contribution in [3.63, 3.8) is 0 Å². The van der Waals surface area contributed by atoms with Crippen molar-refractivity contribution in [1.29, 1.82) is 0 Å². The number of carbonyl (C=O) groups excluding carboxylic acids is 2. The van der Waals surface area contributed by atoms with Crippen LogP contribution in [-0.4, -0.2) is 148 Å². The predicted molar refractivity (Wildman–Crippen MR) is 182 cm³/mol. The molecule has 0 amide bonds. The SMILES string of the molecule is CCCCCCCCCCCCOCCOCCOCCOCCOCCOCCOCCOCCOCCOC(=O)CCC(=O)C(=O)O. The zero-order chi connectivity index (χ0) is 35.7. The van der Waals surface area contributed by atoms with Crippen LogP contribution in [0.15, 0.2) is 0 Å². The van der Waals surface area contributed by atoms with E-state index < -0.39 is 17.7 Å². The predicted octanol–water partition coefficient (Wildman–Crippen LogP) is 4.03. The lowest BCUT2D eigenvalue weighted by Crippen LogP contribution is -2.17. The summed E-state index contributed by atoms with van der Waals surface area (Å²) in [6.07, 6.45) is 12.7. The van der Waals surface area contributed by atoms with Gasteiger partial charge in [0.15, 0.2) is 0 Å². The van der Waals surface area contributed by atoms with Gasteiger partial charge in [0.2, 0.25) is 5.78 Å². The normalized spacial score (nSPS) is 11.3. The van der Waals surface area contributed by atoms with E-state index in [1.165, 1.54) is 57.8 Å². The molecule has 290 valence electrons. The topological polar surface area (TPSA) is 164 Å². The zero-order valence-electron chi connectivity index (χ0n) is 30.2. The van der Waals surface area contributed by atoms with Gasteiger partial charge in [-0.15, -0.1) is 0 Å². The van der Waals surface area contributed by atoms with E-state index in [9.17, 15) is 14.4 Å². The summed E-state index contributed by atoms with van der Waals surface area (Å²) in [4.78, 5) is 32.7. The molecule has 0 heterocycles. The molecule has 14 nitrogen and oxygen atoms in total. The van der Waals surface area contributed by atoms with Gasteiger partial charge < -0.3 is 52.5 Å². The Labute approximate surface area is 294 Å². The fourth-order valence-electron chi connectivity index (χ4n) is 4.16. The van der Waals surface area contributed by atoms with Gasteiger partial charge in [-0.05, 0) is 6.42 Å². The smallest absolute Gasteiger partial charge is 0.372 e. The van der Waals surface area contributed by atoms with E-state index in [1.54, 1.807) is 0 Å². The first-order valence-corrected chi connectivity index (χ1v) is 18.2. The number of carbonyl (C=O) groups is 3. The molecule has 0 aliphatic rings. The monoisotopic (exact) mass is 710 g/mol. The molecular weight excluding hydrogens is 644 g/mol. The fraction of sp³-hybridized carbons (Fsp3) is 0.914. The minimum Gasteiger partial charge on any atom is -0.476 e. The summed E-state index contributed by atoms with van der Waals surface area (Å²) in [5.41, 5.74) is 0. The van der Waals surface area contributed by atoms with Gasteiger partial charge >= 0.3 is 11.9 Å². The molecule has 0 rings (SSSR count). The highest BCUT2D eigenvalue weighted by molar-refractivity contribution is 6.32. The van der Waals surface area contributed by atoms with Crippen LogP contribution in [0.2, 0.25) is 0 Å². The third kappa shape index (κ3) is 40.6. The maximum atomic E-state index is 11.4. The minimum atomic E-state index is -1.56. The highest BCUT2D eigenvalue weighted by Gasteiger charge is 2.14. The summed E-state index contributed by atoms with van der Waals surface area (Å²) in [6.45, 7) is 11.0. The van der Waals surface area contributed by atoms with Crippen molar-refractivity contribution in [2.24, 2.45) is 0 Å². The quantitative estimate of drug-likeness (QED) is 0.0549. The molecule has 0 radical (unpaired) electrons. The number of carboxylic acids is 1. The van der Waals surface area contributed by atoms with Crippen LogP contribution in [0.5, 0.6) is 0 Å². The van der Waals surface area contributed by atoms with E-state index in [4.69, 9.17) is 52.5 Å². The van der Waals surface area contributed by atoms with Crippen molar-refractivity contribution in [1.82, 2.24) is 0 Å². The number of carboxylic acid groups (broad SMARTS) is 1. The van der Waals surface area contributed by atoms with Crippen molar-refractivity contribution in [2.45, 2.75) is 84.0 Å². The second-order valence-corrected chi connectivity index (χ2v) is 11.1. The van der Waals surface area contributed by atoms with Gasteiger partial charge in [0.25, 0.3) is 0 Å². The molecule has 0 unspecified atom stereocenters. The zero-order valence-corrected chi connectivity index (χ0v) is 30.2. The molecule has 0 saturated heterocycles. The number of hydrogen-bond acceptors (Lipinski definition) is 13. The number of aliphatic carboxylic acids is 1. The lowest BCUT2D eigenvalue weighted by molar-refractivity contribution is -0.151. The Bertz CT molecular complexity index is 724. The lowest BCUT2D eigenvalue weighted by atomic mass is 10.1. The third-order valence-corrected chi connectivity index (χ3v) is 6.90. The summed E-state index contributed by atoms with van der Waals surface area (Å²) in [6, 6.07) is 0. The number of Topliss-reactive ketones (excluding diaryl/α,β-unsaturated/α-hetero) is 1. The van der Waals surface area contributed by atoms with Gasteiger partial charge in [-0.25, -0.2) is 4.79 Å². The van der Waals surface area contributed by atoms with Crippen molar-refractivity contribution in [3.05, 3.63) is 0 Å². The van der Waals surface area contributed by atoms with Gasteiger partial charge in [0.05, 0.1) is 119 Å². The van der Waals surface area contributed by atoms with Crippen molar-refractivity contribution >= 4 is 17.7 Å². The fourth-order valence-corrected chi connectivity index (χ4v) is 4.16. The second kappa shape index (κ2) is 40.7. The number of unbranched alkanes of at least 4 members (excludes halogenated alkanes) is 9. The molecule has 0 fully saturated rings. The molecule has 0 aromatic heterocycles. The van der Waals surface area contributed by atoms with Crippen LogP contribution in [0.4, 0.5) is 0 Å². The lowest BCUT2D eigenvalue weighted by Gasteiger charge is -2.09. The first-order valence-electron chi connectivity index (χ1n) is 18.2. The Morgan fingerprint density at radius 2 is 0.653 bits per heavy atom. The summed E-state index contributed by atoms with van der Waals surface area (Å²) in [7, 11) is 0. The molecular formula is C35H66O14. The van der Waals surface area contributed by atoms with Crippen LogP contribution >= 0.6 is 0 Å². The summed E-state index contributed by atoms with van der Waals surface area (Å²) < 4.78 is 54.0. The van der Waals surface area contributed by atoms with E-state index in [1.807, 2.05) is 0 Å². The Balaban J connectivity index is 3.11. The van der Waals surface area contributed by atoms with Crippen LogP contribution < -0.4 is 0 Å². The van der Waals surface area contributed by atoms with E-state index in [0.29, 0.717) is 106 Å². The molecule has 49 heavy (non-hydrogen) atoms. The van der Waals surface area contributed by atoms with Crippen molar-refractivity contribution in [3.8, 4) is 0 Å². The molecule has 0 aliphatic carbocycles. The molecule has 14 heteroatoms. The first-order chi connectivity index (χ1) is 24.1. The van der Waals surface area contributed by atoms with E-state index in [0.717, 1.165) is 13.0 Å². The summed E-state index contributed by atoms with van der Waals surface area (Å²) in [5, 5.41) is 8.45. The molecule has 0 bridgehead atoms. The summed E-state index contributed by atoms with van der Waals surface area (Å²) >= 11 is 0. The van der Waals surface area contributed by atoms with E-state index >= 15 is 0 Å². The molecule has 0 aliphatic heterocycles. The Morgan fingerprint density at radius 1 is 0.367 bits per heavy atom. The molecule has 0 spiro atoms. The average molecular weight is 711 g/mol. The highest BCUT2D eigenvalue weighted by atomic mass is 16.6. The summed E-state index contributed by atoms with van der Waals surface area (Å²) in [5.74, 6) is -3.23. The third-order valence-electron chi connectivity index (χ3n) is 6.90. The van der Waals surface area contributed by atoms with Gasteiger partial charge in [-0.1, -0.05) is 64.7 Å². The molecule has 0 saturated carbocycles. The average Bonchev–Trinajstić information content (AvgIpc) is 3.10. The number of ether oxygens (including phenoxy) is 10. The molecule has 0 aromatic rings. The van der Waals surface area contributed by atoms with Crippen molar-refractivity contribution < 1.29 is 66.9 Å². The molecule has 0 aromatic carbocycles. The number of rotatable bonds is 42. The Kier molecular flexibility index (Phi) is 39.2.